The highest BCUT2D eigenvalue weighted by Crippen LogP contribution is 2.24. The van der Waals surface area contributed by atoms with E-state index in [0.29, 0.717) is 23.2 Å². The summed E-state index contributed by atoms with van der Waals surface area (Å²) in [7, 11) is 2.14. The molecule has 1 fully saturated rings. The van der Waals surface area contributed by atoms with Crippen LogP contribution in [0.4, 0.5) is 0 Å². The molecule has 5 rings (SSSR count). The van der Waals surface area contributed by atoms with Crippen LogP contribution in [0.1, 0.15) is 54.9 Å². The minimum absolute atomic E-state index is 0.0810. The fourth-order valence-corrected chi connectivity index (χ4v) is 5.26. The van der Waals surface area contributed by atoms with Crippen molar-refractivity contribution in [1.82, 2.24) is 29.5 Å². The number of H-pyrrole nitrogens is 1. The van der Waals surface area contributed by atoms with E-state index >= 15 is 0 Å². The Morgan fingerprint density at radius 1 is 1.07 bits per heavy atom. The number of rotatable bonds is 9. The molecule has 0 aliphatic carbocycles. The van der Waals surface area contributed by atoms with E-state index in [1.807, 2.05) is 35.9 Å². The molecule has 1 aliphatic rings. The lowest BCUT2D eigenvalue weighted by Gasteiger charge is -2.31. The SMILES string of the molecule is Cc1ccc(-[n+]2[nH]oc(=O)c2/C=N/n2c(C(C)c3ccc(CC(C)C)cc3)nn(CN3CCN(C)CC3)c2=S)cc1. The largest absolute Gasteiger partial charge is 0.436 e. The molecule has 0 radical (unpaired) electrons. The van der Waals surface area contributed by atoms with Gasteiger partial charge in [0.25, 0.3) is 0 Å². The summed E-state index contributed by atoms with van der Waals surface area (Å²) in [5.74, 6) is 1.22. The Balaban J connectivity index is 1.51. The minimum atomic E-state index is -0.527. The molecule has 1 aliphatic heterocycles. The number of aryl methyl sites for hydroxylation is 1. The van der Waals surface area contributed by atoms with Crippen molar-refractivity contribution >= 4 is 18.4 Å². The van der Waals surface area contributed by atoms with Crippen molar-refractivity contribution in [2.45, 2.75) is 46.7 Å². The van der Waals surface area contributed by atoms with Crippen molar-refractivity contribution in [3.8, 4) is 5.69 Å². The van der Waals surface area contributed by atoms with Crippen LogP contribution in [0.5, 0.6) is 0 Å². The maximum Gasteiger partial charge on any atom is 0.436 e. The number of aromatic nitrogens is 5. The van der Waals surface area contributed by atoms with E-state index in [1.165, 1.54) is 11.8 Å². The van der Waals surface area contributed by atoms with E-state index < -0.39 is 5.63 Å². The smallest absolute Gasteiger partial charge is 0.304 e. The molecule has 1 unspecified atom stereocenters. The van der Waals surface area contributed by atoms with Crippen molar-refractivity contribution in [2.75, 3.05) is 33.2 Å². The lowest BCUT2D eigenvalue weighted by molar-refractivity contribution is -0.671. The number of nitrogens with one attached hydrogen (secondary N) is 1. The number of nitrogens with zero attached hydrogens (tertiary/aromatic N) is 7. The second-order valence-electron chi connectivity index (χ2n) is 11.4. The van der Waals surface area contributed by atoms with Gasteiger partial charge in [0.15, 0.2) is 5.82 Å². The van der Waals surface area contributed by atoms with Gasteiger partial charge in [-0.25, -0.2) is 9.48 Å². The van der Waals surface area contributed by atoms with Crippen LogP contribution in [0.3, 0.4) is 0 Å². The molecule has 4 aromatic rings. The summed E-state index contributed by atoms with van der Waals surface area (Å²) in [6, 6.07) is 16.5. The van der Waals surface area contributed by atoms with Crippen LogP contribution in [-0.4, -0.2) is 69.0 Å². The number of hydrogen-bond acceptors (Lipinski definition) is 7. The third-order valence-corrected chi connectivity index (χ3v) is 7.93. The van der Waals surface area contributed by atoms with Gasteiger partial charge in [-0.1, -0.05) is 62.7 Å². The van der Waals surface area contributed by atoms with E-state index in [2.05, 4.69) is 67.2 Å². The van der Waals surface area contributed by atoms with E-state index in [1.54, 1.807) is 9.36 Å². The topological polar surface area (TPSA) is 91.5 Å². The Morgan fingerprint density at radius 2 is 1.76 bits per heavy atom. The third-order valence-electron chi connectivity index (χ3n) is 7.55. The zero-order valence-corrected chi connectivity index (χ0v) is 25.3. The quantitative estimate of drug-likeness (QED) is 0.186. The fraction of sp³-hybridized carbons (Fsp3) is 0.433. The predicted octanol–water partition coefficient (Wildman–Crippen LogP) is 3.72. The zero-order valence-electron chi connectivity index (χ0n) is 24.4. The summed E-state index contributed by atoms with van der Waals surface area (Å²) in [4.78, 5) is 17.3. The molecule has 2 aromatic carbocycles. The van der Waals surface area contributed by atoms with Gasteiger partial charge < -0.3 is 4.90 Å². The van der Waals surface area contributed by atoms with Crippen LogP contribution in [0, 0.1) is 17.6 Å². The summed E-state index contributed by atoms with van der Waals surface area (Å²) in [5, 5.41) is 12.4. The number of hydrogen-bond donors (Lipinski definition) is 1. The lowest BCUT2D eigenvalue weighted by atomic mass is 9.96. The molecule has 0 amide bonds. The molecule has 0 bridgehead atoms. The average molecular weight is 576 g/mol. The van der Waals surface area contributed by atoms with Crippen LogP contribution in [0.25, 0.3) is 5.69 Å². The summed E-state index contributed by atoms with van der Waals surface area (Å²) in [6.07, 6.45) is 2.52. The first kappa shape index (κ1) is 28.8. The van der Waals surface area contributed by atoms with Crippen LogP contribution < -0.4 is 10.3 Å². The Morgan fingerprint density at radius 3 is 2.41 bits per heavy atom. The second kappa shape index (κ2) is 12.5. The van der Waals surface area contributed by atoms with E-state index in [9.17, 15) is 4.79 Å². The van der Waals surface area contributed by atoms with Gasteiger partial charge in [0, 0.05) is 44.2 Å². The summed E-state index contributed by atoms with van der Waals surface area (Å²) in [5.41, 5.74) is 4.03. The van der Waals surface area contributed by atoms with Crippen molar-refractivity contribution < 1.29 is 9.20 Å². The highest BCUT2D eigenvalue weighted by atomic mass is 32.1. The molecule has 0 spiro atoms. The molecule has 216 valence electrons. The van der Waals surface area contributed by atoms with Gasteiger partial charge in [0.1, 0.15) is 6.21 Å². The molecule has 3 heterocycles. The molecule has 1 N–H and O–H groups in total. The van der Waals surface area contributed by atoms with Crippen molar-refractivity contribution in [2.24, 2.45) is 11.0 Å². The van der Waals surface area contributed by atoms with Gasteiger partial charge in [-0.3, -0.25) is 9.42 Å². The van der Waals surface area contributed by atoms with Crippen LogP contribution in [-0.2, 0) is 13.1 Å². The van der Waals surface area contributed by atoms with E-state index in [0.717, 1.165) is 49.4 Å². The Kier molecular flexibility index (Phi) is 8.77. The molecule has 10 nitrogen and oxygen atoms in total. The number of aromatic amines is 1. The van der Waals surface area contributed by atoms with Crippen molar-refractivity contribution in [3.63, 3.8) is 0 Å². The molecule has 0 saturated carbocycles. The summed E-state index contributed by atoms with van der Waals surface area (Å²) < 4.78 is 10.7. The molecule has 11 heteroatoms. The molecule has 1 atom stereocenters. The molecular formula is C30H39N8O2S+. The summed E-state index contributed by atoms with van der Waals surface area (Å²) in [6.45, 7) is 13.0. The number of likely N-dealkylation sites (N-methyl/N-ethyl adjacent to an activating group) is 1. The number of benzene rings is 2. The van der Waals surface area contributed by atoms with Gasteiger partial charge in [0.05, 0.1) is 6.67 Å². The fourth-order valence-electron chi connectivity index (χ4n) is 5.02. The second-order valence-corrected chi connectivity index (χ2v) is 11.7. The van der Waals surface area contributed by atoms with Crippen LogP contribution in [0.15, 0.2) is 62.9 Å². The third kappa shape index (κ3) is 6.64. The standard InChI is InChI=1S/C30H38N8O2S/c1-21(2)18-24-8-10-25(11-9-24)23(4)28-32-36(20-35-16-14-34(5)15-17-35)30(41)38(28)31-19-27-29(39)40-33-37(27)26-12-6-22(3)7-13-26/h6-13,19,21,23H,14-18,20H2,1-5H3/p+1. The molecular weight excluding hydrogens is 536 g/mol. The highest BCUT2D eigenvalue weighted by molar-refractivity contribution is 7.71. The van der Waals surface area contributed by atoms with Gasteiger partial charge in [-0.05, 0) is 59.6 Å². The molecule has 41 heavy (non-hydrogen) atoms. The normalized spacial score (nSPS) is 15.8. The summed E-state index contributed by atoms with van der Waals surface area (Å²) >= 11 is 5.91. The average Bonchev–Trinajstić information content (AvgIpc) is 3.47. The Labute approximate surface area is 245 Å². The monoisotopic (exact) mass is 575 g/mol. The highest BCUT2D eigenvalue weighted by Gasteiger charge is 2.24. The first-order chi connectivity index (χ1) is 19.7. The molecule has 1 saturated heterocycles. The van der Waals surface area contributed by atoms with Gasteiger partial charge >= 0.3 is 11.3 Å². The first-order valence-corrected chi connectivity index (χ1v) is 14.5. The van der Waals surface area contributed by atoms with Gasteiger partial charge in [0.2, 0.25) is 10.5 Å². The van der Waals surface area contributed by atoms with Crippen LogP contribution >= 0.6 is 12.2 Å². The Bertz CT molecular complexity index is 1600. The van der Waals surface area contributed by atoms with Gasteiger partial charge in [-0.15, -0.1) is 0 Å². The first-order valence-electron chi connectivity index (χ1n) is 14.1. The lowest BCUT2D eigenvalue weighted by Crippen LogP contribution is -2.45. The zero-order chi connectivity index (χ0) is 29.1. The Hall–Kier alpha value is -3.67. The maximum absolute atomic E-state index is 12.7. The van der Waals surface area contributed by atoms with Crippen molar-refractivity contribution in [3.05, 3.63) is 91.9 Å². The van der Waals surface area contributed by atoms with E-state index in [4.69, 9.17) is 26.9 Å². The maximum atomic E-state index is 12.7. The van der Waals surface area contributed by atoms with Crippen LogP contribution in [0.2, 0.25) is 0 Å². The predicted molar refractivity (Wildman–Crippen MR) is 161 cm³/mol. The molecule has 2 aromatic heterocycles. The van der Waals surface area contributed by atoms with Gasteiger partial charge in [-0.2, -0.15) is 14.9 Å². The van der Waals surface area contributed by atoms with Crippen molar-refractivity contribution in [1.29, 1.82) is 0 Å². The van der Waals surface area contributed by atoms with E-state index in [-0.39, 0.29) is 11.6 Å². The number of piperazine rings is 1. The minimum Gasteiger partial charge on any atom is -0.304 e.